The zero-order chi connectivity index (χ0) is 15.0. The van der Waals surface area contributed by atoms with Gasteiger partial charge in [-0.25, -0.2) is 31.4 Å². The summed E-state index contributed by atoms with van der Waals surface area (Å²) in [6, 6.07) is 11.1. The molecular formula is C20H30Fe-6. The molecule has 2 rings (SSSR count). The van der Waals surface area contributed by atoms with Crippen molar-refractivity contribution in [2.45, 2.75) is 66.7 Å². The zero-order valence-electron chi connectivity index (χ0n) is 14.3. The SMILES string of the molecule is CC[c-]1[cH-][cH-][c-](CC)[c-]1CC.CCc1ccc[c-]1CC.[Fe]. The Morgan fingerprint density at radius 2 is 1.43 bits per heavy atom. The molecule has 0 spiro atoms. The van der Waals surface area contributed by atoms with Crippen LogP contribution in [-0.2, 0) is 49.2 Å². The molecule has 0 amide bonds. The molecule has 0 nitrogen and oxygen atoms in total. The first-order chi connectivity index (χ1) is 9.71. The molecule has 0 heterocycles. The van der Waals surface area contributed by atoms with Crippen LogP contribution in [0.3, 0.4) is 0 Å². The van der Waals surface area contributed by atoms with Crippen LogP contribution in [0.25, 0.3) is 0 Å². The van der Waals surface area contributed by atoms with Gasteiger partial charge in [0.2, 0.25) is 0 Å². The third kappa shape index (κ3) is 5.49. The molecule has 1 heteroatoms. The van der Waals surface area contributed by atoms with Gasteiger partial charge >= 0.3 is 0 Å². The maximum absolute atomic E-state index is 2.28. The molecule has 0 unspecified atom stereocenters. The second-order valence-electron chi connectivity index (χ2n) is 5.21. The van der Waals surface area contributed by atoms with Crippen molar-refractivity contribution in [2.24, 2.45) is 0 Å². The Labute approximate surface area is 142 Å². The molecule has 0 aromatic heterocycles. The molecule has 0 atom stereocenters. The van der Waals surface area contributed by atoms with Gasteiger partial charge in [0.25, 0.3) is 0 Å². The summed E-state index contributed by atoms with van der Waals surface area (Å²) in [4.78, 5) is 0. The fraction of sp³-hybridized carbons (Fsp3) is 0.500. The number of rotatable bonds is 5. The fourth-order valence-electron chi connectivity index (χ4n) is 2.91. The van der Waals surface area contributed by atoms with E-state index in [1.165, 1.54) is 43.2 Å². The van der Waals surface area contributed by atoms with Crippen LogP contribution in [0, 0.1) is 0 Å². The number of hydrogen-bond donors (Lipinski definition) is 0. The molecule has 0 bridgehead atoms. The summed E-state index contributed by atoms with van der Waals surface area (Å²) in [6.45, 7) is 11.1. The average molecular weight is 326 g/mol. The normalized spacial score (nSPS) is 9.76. The summed E-state index contributed by atoms with van der Waals surface area (Å²) < 4.78 is 0. The Hall–Kier alpha value is -0.781. The topological polar surface area (TPSA) is 0 Å². The molecule has 0 aliphatic heterocycles. The first kappa shape index (κ1) is 20.2. The van der Waals surface area contributed by atoms with Gasteiger partial charge in [-0.05, 0) is 0 Å². The summed E-state index contributed by atoms with van der Waals surface area (Å²) in [5, 5.41) is 0. The monoisotopic (exact) mass is 326 g/mol. The summed E-state index contributed by atoms with van der Waals surface area (Å²) in [5.74, 6) is 0. The summed E-state index contributed by atoms with van der Waals surface area (Å²) in [6.07, 6.45) is 5.91. The average Bonchev–Trinajstić information content (AvgIpc) is 3.12. The zero-order valence-corrected chi connectivity index (χ0v) is 15.4. The van der Waals surface area contributed by atoms with Crippen LogP contribution in [0.4, 0.5) is 0 Å². The van der Waals surface area contributed by atoms with E-state index in [0.717, 1.165) is 0 Å². The van der Waals surface area contributed by atoms with E-state index in [2.05, 4.69) is 65.0 Å². The molecule has 2 aromatic carbocycles. The maximum Gasteiger partial charge on any atom is 0 e. The van der Waals surface area contributed by atoms with Gasteiger partial charge in [0.1, 0.15) is 0 Å². The molecule has 0 saturated carbocycles. The van der Waals surface area contributed by atoms with E-state index in [-0.39, 0.29) is 17.1 Å². The van der Waals surface area contributed by atoms with Crippen molar-refractivity contribution >= 4 is 0 Å². The fourth-order valence-corrected chi connectivity index (χ4v) is 2.91. The quantitative estimate of drug-likeness (QED) is 0.494. The minimum atomic E-state index is 0. The van der Waals surface area contributed by atoms with Gasteiger partial charge in [-0.15, -0.1) is 0 Å². The molecule has 0 fully saturated rings. The van der Waals surface area contributed by atoms with Gasteiger partial charge < -0.3 is 28.8 Å². The maximum atomic E-state index is 2.28. The molecule has 2 aromatic rings. The van der Waals surface area contributed by atoms with Gasteiger partial charge in [0, 0.05) is 17.1 Å². The van der Waals surface area contributed by atoms with E-state index >= 15 is 0 Å². The predicted molar refractivity (Wildman–Crippen MR) is 91.0 cm³/mol. The van der Waals surface area contributed by atoms with Gasteiger partial charge in [-0.3, -0.25) is 0 Å². The molecule has 0 saturated heterocycles. The Morgan fingerprint density at radius 3 is 1.76 bits per heavy atom. The van der Waals surface area contributed by atoms with Crippen molar-refractivity contribution in [3.05, 3.63) is 58.1 Å². The van der Waals surface area contributed by atoms with Crippen molar-refractivity contribution in [1.29, 1.82) is 0 Å². The van der Waals surface area contributed by atoms with Crippen molar-refractivity contribution in [2.75, 3.05) is 0 Å². The van der Waals surface area contributed by atoms with E-state index in [9.17, 15) is 0 Å². The molecule has 0 aliphatic carbocycles. The van der Waals surface area contributed by atoms with Crippen LogP contribution < -0.4 is 0 Å². The van der Waals surface area contributed by atoms with Crippen LogP contribution in [0.2, 0.25) is 0 Å². The van der Waals surface area contributed by atoms with Crippen LogP contribution in [-0.4, -0.2) is 0 Å². The van der Waals surface area contributed by atoms with Crippen LogP contribution >= 0.6 is 0 Å². The Bertz CT molecular complexity index is 448. The first-order valence-electron chi connectivity index (χ1n) is 8.21. The van der Waals surface area contributed by atoms with Gasteiger partial charge in [-0.2, -0.15) is 17.2 Å². The molecule has 0 radical (unpaired) electrons. The van der Waals surface area contributed by atoms with E-state index in [0.29, 0.717) is 0 Å². The second kappa shape index (κ2) is 10.9. The van der Waals surface area contributed by atoms with Crippen molar-refractivity contribution in [3.8, 4) is 0 Å². The third-order valence-electron chi connectivity index (χ3n) is 4.15. The summed E-state index contributed by atoms with van der Waals surface area (Å²) in [7, 11) is 0. The standard InChI is InChI=1S/C11H17.C9H13.Fe/c1-4-9-7-8-10(5-2)11(9)6-3;1-3-8-6-5-7-9(8)4-2;/h7-8H,4-6H2,1-3H3;5-7H,3-4H2,1-2H3;/q-5;-1;. The summed E-state index contributed by atoms with van der Waals surface area (Å²) >= 11 is 0. The Balaban J connectivity index is 0.000000370. The number of hydrogen-bond acceptors (Lipinski definition) is 0. The van der Waals surface area contributed by atoms with Crippen LogP contribution in [0.15, 0.2) is 30.3 Å². The van der Waals surface area contributed by atoms with E-state index < -0.39 is 0 Å². The predicted octanol–water partition coefficient (Wildman–Crippen LogP) is 5.62. The largest absolute Gasteiger partial charge is 0.745 e. The van der Waals surface area contributed by atoms with Crippen LogP contribution in [0.1, 0.15) is 62.4 Å². The van der Waals surface area contributed by atoms with E-state index in [1.54, 1.807) is 16.7 Å². The second-order valence-corrected chi connectivity index (χ2v) is 5.21. The Morgan fingerprint density at radius 1 is 0.857 bits per heavy atom. The minimum Gasteiger partial charge on any atom is -0.745 e. The molecule has 0 aliphatic rings. The summed E-state index contributed by atoms with van der Waals surface area (Å²) in [5.41, 5.74) is 7.71. The van der Waals surface area contributed by atoms with Crippen molar-refractivity contribution in [1.82, 2.24) is 0 Å². The minimum absolute atomic E-state index is 0. The molecule has 0 N–H and O–H groups in total. The van der Waals surface area contributed by atoms with E-state index in [1.807, 2.05) is 0 Å². The van der Waals surface area contributed by atoms with Crippen molar-refractivity contribution in [3.63, 3.8) is 0 Å². The molecule has 21 heavy (non-hydrogen) atoms. The molecular weight excluding hydrogens is 296 g/mol. The van der Waals surface area contributed by atoms with Crippen LogP contribution in [0.5, 0.6) is 0 Å². The van der Waals surface area contributed by atoms with Crippen molar-refractivity contribution < 1.29 is 17.1 Å². The Kier molecular flexibility index (Phi) is 10.5. The van der Waals surface area contributed by atoms with E-state index in [4.69, 9.17) is 0 Å². The van der Waals surface area contributed by atoms with Gasteiger partial charge in [-0.1, -0.05) is 47.5 Å². The molecule has 124 valence electrons. The smallest absolute Gasteiger partial charge is 0 e. The number of aryl methyl sites for hydroxylation is 4. The van der Waals surface area contributed by atoms with Gasteiger partial charge in [0.05, 0.1) is 0 Å². The third-order valence-corrected chi connectivity index (χ3v) is 4.15. The first-order valence-corrected chi connectivity index (χ1v) is 8.21. The van der Waals surface area contributed by atoms with Gasteiger partial charge in [0.15, 0.2) is 0 Å².